The van der Waals surface area contributed by atoms with Crippen LogP contribution in [-0.4, -0.2) is 46.2 Å². The van der Waals surface area contributed by atoms with E-state index in [9.17, 15) is 14.4 Å². The van der Waals surface area contributed by atoms with E-state index in [0.29, 0.717) is 18.7 Å². The minimum Gasteiger partial charge on any atom is -0.447 e. The molecular formula is C23H27N3O5. The van der Waals surface area contributed by atoms with Gasteiger partial charge in [0.1, 0.15) is 18.0 Å². The Hall–Kier alpha value is -3.42. The molecule has 1 N–H and O–H groups in total. The van der Waals surface area contributed by atoms with Crippen molar-refractivity contribution >= 4 is 23.9 Å². The first-order valence-corrected chi connectivity index (χ1v) is 10.2. The Balaban J connectivity index is 1.53. The van der Waals surface area contributed by atoms with E-state index in [1.54, 1.807) is 39.1 Å². The smallest absolute Gasteiger partial charge is 0.416 e. The van der Waals surface area contributed by atoms with Crippen molar-refractivity contribution in [3.05, 3.63) is 59.8 Å². The minimum absolute atomic E-state index is 0.154. The molecule has 1 atom stereocenters. The number of hydrogen-bond donors (Lipinski definition) is 1. The monoisotopic (exact) mass is 425 g/mol. The highest BCUT2D eigenvalue weighted by Gasteiger charge is 2.37. The standard InChI is InChI=1S/C23H27N3O5/c1-23(2,3)31-21(28)25-19-11-9-17(14-24-19)10-12-20(27)26-18(15-30-22(26)29)13-16-7-5-4-6-8-16/h4-9,11,14,18H,10,12-13,15H2,1-3H3,(H,24,25,28)/t18-/m1/s1. The Labute approximate surface area is 181 Å². The third kappa shape index (κ3) is 6.53. The molecule has 3 amide bonds. The molecule has 8 nitrogen and oxygen atoms in total. The molecule has 0 spiro atoms. The van der Waals surface area contributed by atoms with Gasteiger partial charge in [-0.2, -0.15) is 0 Å². The maximum Gasteiger partial charge on any atom is 0.416 e. The third-order valence-electron chi connectivity index (χ3n) is 4.63. The van der Waals surface area contributed by atoms with Crippen molar-refractivity contribution in [2.75, 3.05) is 11.9 Å². The second kappa shape index (κ2) is 9.59. The summed E-state index contributed by atoms with van der Waals surface area (Å²) < 4.78 is 10.3. The largest absolute Gasteiger partial charge is 0.447 e. The summed E-state index contributed by atoms with van der Waals surface area (Å²) in [6.45, 7) is 5.54. The van der Waals surface area contributed by atoms with E-state index in [-0.39, 0.29) is 25.0 Å². The lowest BCUT2D eigenvalue weighted by atomic mass is 10.1. The van der Waals surface area contributed by atoms with Crippen molar-refractivity contribution in [1.82, 2.24) is 9.88 Å². The van der Waals surface area contributed by atoms with Crippen LogP contribution >= 0.6 is 0 Å². The molecule has 0 saturated carbocycles. The minimum atomic E-state index is -0.598. The van der Waals surface area contributed by atoms with E-state index >= 15 is 0 Å². The molecule has 1 aliphatic heterocycles. The lowest BCUT2D eigenvalue weighted by Gasteiger charge is -2.20. The van der Waals surface area contributed by atoms with Crippen LogP contribution in [0.4, 0.5) is 15.4 Å². The molecule has 1 aliphatic rings. The van der Waals surface area contributed by atoms with Gasteiger partial charge in [0.2, 0.25) is 5.91 Å². The van der Waals surface area contributed by atoms with Crippen molar-refractivity contribution in [2.45, 2.75) is 51.7 Å². The molecule has 2 aromatic rings. The molecule has 1 aromatic heterocycles. The molecule has 0 aliphatic carbocycles. The van der Waals surface area contributed by atoms with Gasteiger partial charge in [-0.25, -0.2) is 19.5 Å². The van der Waals surface area contributed by atoms with Crippen LogP contribution in [0.1, 0.15) is 38.3 Å². The van der Waals surface area contributed by atoms with Gasteiger partial charge in [0.15, 0.2) is 0 Å². The van der Waals surface area contributed by atoms with Gasteiger partial charge in [0, 0.05) is 12.6 Å². The lowest BCUT2D eigenvalue weighted by molar-refractivity contribution is -0.129. The van der Waals surface area contributed by atoms with Gasteiger partial charge in [-0.05, 0) is 50.8 Å². The second-order valence-corrected chi connectivity index (χ2v) is 8.36. The zero-order chi connectivity index (χ0) is 22.4. The van der Waals surface area contributed by atoms with Crippen LogP contribution in [0.3, 0.4) is 0 Å². The zero-order valence-electron chi connectivity index (χ0n) is 18.0. The molecule has 3 rings (SSSR count). The normalized spacial score (nSPS) is 16.0. The fraction of sp³-hybridized carbons (Fsp3) is 0.391. The number of nitrogens with one attached hydrogen (secondary N) is 1. The Bertz CT molecular complexity index is 922. The van der Waals surface area contributed by atoms with Gasteiger partial charge in [-0.15, -0.1) is 0 Å². The molecule has 1 saturated heterocycles. The van der Waals surface area contributed by atoms with E-state index in [4.69, 9.17) is 9.47 Å². The van der Waals surface area contributed by atoms with E-state index < -0.39 is 17.8 Å². The van der Waals surface area contributed by atoms with Crippen molar-refractivity contribution < 1.29 is 23.9 Å². The Morgan fingerprint density at radius 3 is 2.55 bits per heavy atom. The van der Waals surface area contributed by atoms with Gasteiger partial charge in [-0.3, -0.25) is 10.1 Å². The number of hydrogen-bond acceptors (Lipinski definition) is 6. The second-order valence-electron chi connectivity index (χ2n) is 8.36. The van der Waals surface area contributed by atoms with Gasteiger partial charge in [0.25, 0.3) is 0 Å². The highest BCUT2D eigenvalue weighted by molar-refractivity contribution is 5.93. The lowest BCUT2D eigenvalue weighted by Crippen LogP contribution is -2.40. The summed E-state index contributed by atoms with van der Waals surface area (Å²) in [7, 11) is 0. The Kier molecular flexibility index (Phi) is 6.89. The fourth-order valence-corrected chi connectivity index (χ4v) is 3.23. The number of imide groups is 1. The number of carbonyl (C=O) groups excluding carboxylic acids is 3. The van der Waals surface area contributed by atoms with Crippen molar-refractivity contribution in [3.63, 3.8) is 0 Å². The van der Waals surface area contributed by atoms with E-state index in [1.807, 2.05) is 30.3 Å². The number of aryl methyl sites for hydroxylation is 1. The number of pyridine rings is 1. The van der Waals surface area contributed by atoms with Crippen LogP contribution in [-0.2, 0) is 27.1 Å². The Morgan fingerprint density at radius 1 is 1.16 bits per heavy atom. The molecule has 2 heterocycles. The summed E-state index contributed by atoms with van der Waals surface area (Å²) in [5, 5.41) is 2.56. The molecule has 0 bridgehead atoms. The molecule has 0 radical (unpaired) electrons. The van der Waals surface area contributed by atoms with Gasteiger partial charge in [-0.1, -0.05) is 36.4 Å². The zero-order valence-corrected chi connectivity index (χ0v) is 18.0. The van der Waals surface area contributed by atoms with Crippen molar-refractivity contribution in [1.29, 1.82) is 0 Å². The molecule has 0 unspecified atom stereocenters. The quantitative estimate of drug-likeness (QED) is 0.753. The van der Waals surface area contributed by atoms with Gasteiger partial charge in [0.05, 0.1) is 6.04 Å². The van der Waals surface area contributed by atoms with Crippen molar-refractivity contribution in [3.8, 4) is 0 Å². The highest BCUT2D eigenvalue weighted by atomic mass is 16.6. The number of carbonyl (C=O) groups is 3. The molecule has 1 aromatic carbocycles. The summed E-state index contributed by atoms with van der Waals surface area (Å²) in [5.74, 6) is 0.0785. The first kappa shape index (κ1) is 22.3. The van der Waals surface area contributed by atoms with Gasteiger partial charge >= 0.3 is 12.2 Å². The summed E-state index contributed by atoms with van der Waals surface area (Å²) in [6, 6.07) is 12.8. The number of nitrogens with zero attached hydrogens (tertiary/aromatic N) is 2. The number of amides is 3. The molecular weight excluding hydrogens is 398 g/mol. The average Bonchev–Trinajstić information content (AvgIpc) is 3.06. The van der Waals surface area contributed by atoms with Gasteiger partial charge < -0.3 is 9.47 Å². The van der Waals surface area contributed by atoms with Crippen LogP contribution in [0, 0.1) is 0 Å². The first-order chi connectivity index (χ1) is 14.7. The number of cyclic esters (lactones) is 1. The first-order valence-electron chi connectivity index (χ1n) is 10.2. The summed E-state index contributed by atoms with van der Waals surface area (Å²) in [6.07, 6.45) is 1.54. The number of rotatable bonds is 6. The van der Waals surface area contributed by atoms with E-state index in [1.165, 1.54) is 4.90 Å². The van der Waals surface area contributed by atoms with E-state index in [0.717, 1.165) is 11.1 Å². The van der Waals surface area contributed by atoms with Crippen molar-refractivity contribution in [2.24, 2.45) is 0 Å². The van der Waals surface area contributed by atoms with Crippen LogP contribution in [0.25, 0.3) is 0 Å². The number of ether oxygens (including phenoxy) is 2. The van der Waals surface area contributed by atoms with Crippen LogP contribution < -0.4 is 5.32 Å². The topological polar surface area (TPSA) is 97.8 Å². The van der Waals surface area contributed by atoms with Crippen LogP contribution in [0.15, 0.2) is 48.7 Å². The van der Waals surface area contributed by atoms with Crippen LogP contribution in [0.5, 0.6) is 0 Å². The summed E-state index contributed by atoms with van der Waals surface area (Å²) in [5.41, 5.74) is 1.26. The number of anilines is 1. The third-order valence-corrected chi connectivity index (χ3v) is 4.63. The predicted octanol–water partition coefficient (Wildman–Crippen LogP) is 3.95. The Morgan fingerprint density at radius 2 is 1.90 bits per heavy atom. The predicted molar refractivity (Wildman–Crippen MR) is 115 cm³/mol. The average molecular weight is 425 g/mol. The maximum absolute atomic E-state index is 12.7. The molecule has 1 fully saturated rings. The molecule has 164 valence electrons. The summed E-state index contributed by atoms with van der Waals surface area (Å²) in [4.78, 5) is 42.0. The van der Waals surface area contributed by atoms with Crippen LogP contribution in [0.2, 0.25) is 0 Å². The number of benzene rings is 1. The van der Waals surface area contributed by atoms with E-state index in [2.05, 4.69) is 10.3 Å². The summed E-state index contributed by atoms with van der Waals surface area (Å²) >= 11 is 0. The maximum atomic E-state index is 12.7. The molecule has 8 heteroatoms. The fourth-order valence-electron chi connectivity index (χ4n) is 3.23. The highest BCUT2D eigenvalue weighted by Crippen LogP contribution is 2.19. The SMILES string of the molecule is CC(C)(C)OC(=O)Nc1ccc(CCC(=O)N2C(=O)OC[C@H]2Cc2ccccc2)cn1. The number of aromatic nitrogens is 1. The molecule has 31 heavy (non-hydrogen) atoms.